The Kier molecular flexibility index (Phi) is 9.09. The molecule has 0 fully saturated rings. The van der Waals surface area contributed by atoms with E-state index < -0.39 is 0 Å². The van der Waals surface area contributed by atoms with Gasteiger partial charge in [-0.05, 0) is 26.7 Å². The molecule has 102 valence electrons. The van der Waals surface area contributed by atoms with Crippen LogP contribution >= 0.6 is 0 Å². The number of amides is 1. The number of carbonyl (C=O) groups excluding carboxylic acids is 1. The van der Waals surface area contributed by atoms with Gasteiger partial charge in [0.25, 0.3) is 0 Å². The van der Waals surface area contributed by atoms with Gasteiger partial charge in [0.2, 0.25) is 5.91 Å². The summed E-state index contributed by atoms with van der Waals surface area (Å²) in [6, 6.07) is 0. The van der Waals surface area contributed by atoms with Crippen LogP contribution in [0.5, 0.6) is 0 Å². The zero-order valence-corrected chi connectivity index (χ0v) is 11.4. The minimum Gasteiger partial charge on any atom is -0.396 e. The molecule has 0 radical (unpaired) electrons. The first kappa shape index (κ1) is 16.4. The van der Waals surface area contributed by atoms with Gasteiger partial charge in [0.1, 0.15) is 0 Å². The molecular weight excluding hydrogens is 218 g/mol. The van der Waals surface area contributed by atoms with Gasteiger partial charge < -0.3 is 15.2 Å². The predicted octanol–water partition coefficient (Wildman–Crippen LogP) is 1.86. The fourth-order valence-electron chi connectivity index (χ4n) is 1.48. The third-order valence-corrected chi connectivity index (χ3v) is 2.64. The highest BCUT2D eigenvalue weighted by molar-refractivity contribution is 5.75. The summed E-state index contributed by atoms with van der Waals surface area (Å²) in [5, 5.41) is 11.6. The maximum absolute atomic E-state index is 11.4. The number of carbonyl (C=O) groups is 1. The van der Waals surface area contributed by atoms with E-state index in [4.69, 9.17) is 9.84 Å². The maximum atomic E-state index is 11.4. The second kappa shape index (κ2) is 9.42. The minimum atomic E-state index is -0.318. The molecule has 0 aliphatic heterocycles. The largest absolute Gasteiger partial charge is 0.396 e. The van der Waals surface area contributed by atoms with Crippen molar-refractivity contribution in [3.8, 4) is 0 Å². The van der Waals surface area contributed by atoms with E-state index in [2.05, 4.69) is 12.2 Å². The molecule has 0 aromatic carbocycles. The average molecular weight is 245 g/mol. The number of nitrogens with one attached hydrogen (secondary N) is 1. The molecule has 0 aliphatic carbocycles. The van der Waals surface area contributed by atoms with E-state index in [1.807, 2.05) is 13.8 Å². The predicted molar refractivity (Wildman–Crippen MR) is 68.9 cm³/mol. The van der Waals surface area contributed by atoms with Crippen molar-refractivity contribution in [1.29, 1.82) is 0 Å². The van der Waals surface area contributed by atoms with E-state index in [1.165, 1.54) is 0 Å². The van der Waals surface area contributed by atoms with Gasteiger partial charge in [0.15, 0.2) is 0 Å². The van der Waals surface area contributed by atoms with Crippen molar-refractivity contribution in [2.45, 2.75) is 58.5 Å². The summed E-state index contributed by atoms with van der Waals surface area (Å²) in [6.45, 7) is 7.15. The average Bonchev–Trinajstić information content (AvgIpc) is 2.25. The molecule has 0 saturated heterocycles. The molecular formula is C13H27NO3. The Morgan fingerprint density at radius 1 is 1.35 bits per heavy atom. The van der Waals surface area contributed by atoms with Gasteiger partial charge in [-0.25, -0.2) is 0 Å². The van der Waals surface area contributed by atoms with Gasteiger partial charge in [-0.2, -0.15) is 0 Å². The van der Waals surface area contributed by atoms with E-state index in [0.717, 1.165) is 19.3 Å². The number of hydrogen-bond donors (Lipinski definition) is 2. The highest BCUT2D eigenvalue weighted by Gasteiger charge is 2.16. The van der Waals surface area contributed by atoms with Gasteiger partial charge in [-0.15, -0.1) is 0 Å². The standard InChI is InChI=1S/C13H27NO3/c1-4-5-6-7-12(16)14-9-11-17-13(2,3)8-10-15/h15H,4-11H2,1-3H3,(H,14,16). The molecule has 2 N–H and O–H groups in total. The molecule has 0 rings (SSSR count). The molecule has 1 amide bonds. The van der Waals surface area contributed by atoms with Gasteiger partial charge in [0.05, 0.1) is 12.2 Å². The van der Waals surface area contributed by atoms with Gasteiger partial charge >= 0.3 is 0 Å². The maximum Gasteiger partial charge on any atom is 0.220 e. The van der Waals surface area contributed by atoms with Crippen LogP contribution < -0.4 is 5.32 Å². The fraction of sp³-hybridized carbons (Fsp3) is 0.923. The molecule has 0 bridgehead atoms. The van der Waals surface area contributed by atoms with Gasteiger partial charge in [-0.3, -0.25) is 4.79 Å². The quantitative estimate of drug-likeness (QED) is 0.578. The van der Waals surface area contributed by atoms with E-state index >= 15 is 0 Å². The Labute approximate surface area is 105 Å². The van der Waals surface area contributed by atoms with Crippen molar-refractivity contribution in [1.82, 2.24) is 5.32 Å². The lowest BCUT2D eigenvalue weighted by molar-refractivity contribution is -0.121. The lowest BCUT2D eigenvalue weighted by atomic mass is 10.1. The van der Waals surface area contributed by atoms with Crippen LogP contribution in [-0.4, -0.2) is 36.4 Å². The molecule has 0 spiro atoms. The Balaban J connectivity index is 3.47. The molecule has 0 aliphatic rings. The Bertz CT molecular complexity index is 205. The van der Waals surface area contributed by atoms with E-state index in [-0.39, 0.29) is 18.1 Å². The lowest BCUT2D eigenvalue weighted by Crippen LogP contribution is -2.32. The SMILES string of the molecule is CCCCCC(=O)NCCOC(C)(C)CCO. The van der Waals surface area contributed by atoms with E-state index in [0.29, 0.717) is 26.0 Å². The fourth-order valence-corrected chi connectivity index (χ4v) is 1.48. The first-order valence-corrected chi connectivity index (χ1v) is 6.53. The number of ether oxygens (including phenoxy) is 1. The second-order valence-corrected chi connectivity index (χ2v) is 4.89. The van der Waals surface area contributed by atoms with Crippen molar-refractivity contribution >= 4 is 5.91 Å². The van der Waals surface area contributed by atoms with Crippen LogP contribution in [-0.2, 0) is 9.53 Å². The van der Waals surface area contributed by atoms with Crippen molar-refractivity contribution in [2.24, 2.45) is 0 Å². The van der Waals surface area contributed by atoms with Crippen LogP contribution in [0.4, 0.5) is 0 Å². The molecule has 4 heteroatoms. The zero-order valence-electron chi connectivity index (χ0n) is 11.4. The molecule has 0 aromatic rings. The van der Waals surface area contributed by atoms with Crippen molar-refractivity contribution in [2.75, 3.05) is 19.8 Å². The smallest absolute Gasteiger partial charge is 0.220 e. The Morgan fingerprint density at radius 2 is 2.06 bits per heavy atom. The van der Waals surface area contributed by atoms with E-state index in [9.17, 15) is 4.79 Å². The molecule has 0 aromatic heterocycles. The summed E-state index contributed by atoms with van der Waals surface area (Å²) in [5.41, 5.74) is -0.318. The Morgan fingerprint density at radius 3 is 2.65 bits per heavy atom. The van der Waals surface area contributed by atoms with Crippen molar-refractivity contribution < 1.29 is 14.6 Å². The van der Waals surface area contributed by atoms with Crippen LogP contribution in [0, 0.1) is 0 Å². The Hall–Kier alpha value is -0.610. The van der Waals surface area contributed by atoms with E-state index in [1.54, 1.807) is 0 Å². The number of rotatable bonds is 10. The number of aliphatic hydroxyl groups excluding tert-OH is 1. The monoisotopic (exact) mass is 245 g/mol. The van der Waals surface area contributed by atoms with Crippen LogP contribution in [0.2, 0.25) is 0 Å². The summed E-state index contributed by atoms with van der Waals surface area (Å²) in [4.78, 5) is 11.4. The molecule has 4 nitrogen and oxygen atoms in total. The van der Waals surface area contributed by atoms with Crippen molar-refractivity contribution in [3.63, 3.8) is 0 Å². The van der Waals surface area contributed by atoms with Crippen LogP contribution in [0.3, 0.4) is 0 Å². The van der Waals surface area contributed by atoms with Crippen LogP contribution in [0.15, 0.2) is 0 Å². The summed E-state index contributed by atoms with van der Waals surface area (Å²) >= 11 is 0. The summed E-state index contributed by atoms with van der Waals surface area (Å²) < 4.78 is 5.57. The topological polar surface area (TPSA) is 58.6 Å². The molecule has 0 unspecified atom stereocenters. The molecule has 0 saturated carbocycles. The highest BCUT2D eigenvalue weighted by Crippen LogP contribution is 2.12. The second-order valence-electron chi connectivity index (χ2n) is 4.89. The number of unbranched alkanes of at least 4 members (excludes halogenated alkanes) is 2. The third kappa shape index (κ3) is 10.3. The zero-order chi connectivity index (χ0) is 13.1. The van der Waals surface area contributed by atoms with Crippen molar-refractivity contribution in [3.05, 3.63) is 0 Å². The lowest BCUT2D eigenvalue weighted by Gasteiger charge is -2.24. The van der Waals surface area contributed by atoms with Gasteiger partial charge in [-0.1, -0.05) is 19.8 Å². The minimum absolute atomic E-state index is 0.0991. The third-order valence-electron chi connectivity index (χ3n) is 2.64. The number of aliphatic hydroxyl groups is 1. The van der Waals surface area contributed by atoms with Crippen LogP contribution in [0.1, 0.15) is 52.9 Å². The number of hydrogen-bond acceptors (Lipinski definition) is 3. The first-order valence-electron chi connectivity index (χ1n) is 6.53. The van der Waals surface area contributed by atoms with Crippen LogP contribution in [0.25, 0.3) is 0 Å². The first-order chi connectivity index (χ1) is 8.02. The summed E-state index contributed by atoms with van der Waals surface area (Å²) in [5.74, 6) is 0.0991. The molecule has 17 heavy (non-hydrogen) atoms. The normalized spacial score (nSPS) is 11.5. The summed E-state index contributed by atoms with van der Waals surface area (Å²) in [7, 11) is 0. The molecule has 0 heterocycles. The highest BCUT2D eigenvalue weighted by atomic mass is 16.5. The summed E-state index contributed by atoms with van der Waals surface area (Å²) in [6.07, 6.45) is 4.41. The van der Waals surface area contributed by atoms with Gasteiger partial charge in [0, 0.05) is 19.6 Å². The molecule has 0 atom stereocenters.